The SMILES string of the molecule is CCOCOc1ccccc1[B-](F)(F)F. The van der Waals surface area contributed by atoms with Gasteiger partial charge in [-0.15, -0.1) is 0 Å². The van der Waals surface area contributed by atoms with E-state index < -0.39 is 12.4 Å². The second kappa shape index (κ2) is 5.07. The molecule has 0 bridgehead atoms. The predicted molar refractivity (Wildman–Crippen MR) is 52.3 cm³/mol. The summed E-state index contributed by atoms with van der Waals surface area (Å²) >= 11 is 0. The van der Waals surface area contributed by atoms with Gasteiger partial charge in [-0.05, 0) is 13.0 Å². The van der Waals surface area contributed by atoms with Gasteiger partial charge in [0.1, 0.15) is 0 Å². The Labute approximate surface area is 86.1 Å². The second-order valence-corrected chi connectivity index (χ2v) is 2.87. The lowest BCUT2D eigenvalue weighted by Crippen LogP contribution is -2.35. The number of hydrogen-bond acceptors (Lipinski definition) is 2. The lowest BCUT2D eigenvalue weighted by molar-refractivity contribution is 0.0229. The fourth-order valence-electron chi connectivity index (χ4n) is 1.07. The van der Waals surface area contributed by atoms with Gasteiger partial charge in [-0.2, -0.15) is 0 Å². The van der Waals surface area contributed by atoms with Crippen LogP contribution in [0.25, 0.3) is 0 Å². The van der Waals surface area contributed by atoms with E-state index in [4.69, 9.17) is 9.47 Å². The second-order valence-electron chi connectivity index (χ2n) is 2.87. The molecule has 0 unspecified atom stereocenters. The van der Waals surface area contributed by atoms with Crippen LogP contribution in [0, 0.1) is 0 Å². The number of rotatable bonds is 5. The average Bonchev–Trinajstić information content (AvgIpc) is 2.17. The van der Waals surface area contributed by atoms with E-state index in [1.165, 1.54) is 18.2 Å². The molecular formula is C9H11BF3O2-. The maximum absolute atomic E-state index is 12.5. The Morgan fingerprint density at radius 1 is 1.20 bits per heavy atom. The molecule has 2 nitrogen and oxygen atoms in total. The van der Waals surface area contributed by atoms with E-state index in [0.29, 0.717) is 6.61 Å². The number of para-hydroxylation sites is 1. The smallest absolute Gasteiger partial charge is 0.471 e. The number of benzene rings is 1. The Morgan fingerprint density at radius 2 is 1.87 bits per heavy atom. The summed E-state index contributed by atoms with van der Waals surface area (Å²) in [5.41, 5.74) is -0.725. The molecule has 0 spiro atoms. The number of ether oxygens (including phenoxy) is 2. The highest BCUT2D eigenvalue weighted by atomic mass is 19.4. The van der Waals surface area contributed by atoms with E-state index in [2.05, 4.69) is 0 Å². The molecule has 1 aromatic carbocycles. The fourth-order valence-corrected chi connectivity index (χ4v) is 1.07. The van der Waals surface area contributed by atoms with E-state index in [-0.39, 0.29) is 12.5 Å². The Bertz CT molecular complexity index is 314. The molecule has 1 rings (SSSR count). The minimum Gasteiger partial charge on any atom is -0.471 e. The normalized spacial score (nSPS) is 11.5. The fraction of sp³-hybridized carbons (Fsp3) is 0.333. The van der Waals surface area contributed by atoms with Crippen LogP contribution in [0.15, 0.2) is 24.3 Å². The van der Waals surface area contributed by atoms with E-state index >= 15 is 0 Å². The van der Waals surface area contributed by atoms with Gasteiger partial charge in [0, 0.05) is 6.61 Å². The van der Waals surface area contributed by atoms with E-state index in [1.54, 1.807) is 6.92 Å². The maximum atomic E-state index is 12.5. The van der Waals surface area contributed by atoms with Crippen molar-refractivity contribution in [3.63, 3.8) is 0 Å². The largest absolute Gasteiger partial charge is 0.513 e. The summed E-state index contributed by atoms with van der Waals surface area (Å²) in [6.45, 7) is -3.06. The number of hydrogen-bond donors (Lipinski definition) is 0. The van der Waals surface area contributed by atoms with Crippen LogP contribution in [0.5, 0.6) is 5.75 Å². The number of halogens is 3. The van der Waals surface area contributed by atoms with Crippen molar-refractivity contribution in [2.45, 2.75) is 6.92 Å². The van der Waals surface area contributed by atoms with Crippen molar-refractivity contribution in [2.75, 3.05) is 13.4 Å². The average molecular weight is 219 g/mol. The van der Waals surface area contributed by atoms with E-state index in [9.17, 15) is 12.9 Å². The van der Waals surface area contributed by atoms with Crippen LogP contribution in [-0.2, 0) is 4.74 Å². The molecule has 84 valence electrons. The Hall–Kier alpha value is -1.17. The molecule has 0 aliphatic rings. The molecule has 1 aromatic rings. The third-order valence-electron chi connectivity index (χ3n) is 1.77. The molecule has 0 aliphatic carbocycles. The lowest BCUT2D eigenvalue weighted by Gasteiger charge is -2.19. The maximum Gasteiger partial charge on any atom is 0.513 e. The molecule has 0 N–H and O–H groups in total. The van der Waals surface area contributed by atoms with Crippen molar-refractivity contribution < 1.29 is 22.4 Å². The Morgan fingerprint density at radius 3 is 2.47 bits per heavy atom. The van der Waals surface area contributed by atoms with Gasteiger partial charge in [0.05, 0.1) is 5.75 Å². The summed E-state index contributed by atoms with van der Waals surface area (Å²) in [6, 6.07) is 5.11. The van der Waals surface area contributed by atoms with Gasteiger partial charge in [-0.3, -0.25) is 0 Å². The van der Waals surface area contributed by atoms with Gasteiger partial charge < -0.3 is 22.4 Å². The molecule has 6 heteroatoms. The zero-order chi connectivity index (χ0) is 11.3. The van der Waals surface area contributed by atoms with Crippen LogP contribution >= 0.6 is 0 Å². The quantitative estimate of drug-likeness (QED) is 0.429. The van der Waals surface area contributed by atoms with Crippen LogP contribution in [0.1, 0.15) is 6.92 Å². The van der Waals surface area contributed by atoms with E-state index in [1.807, 2.05) is 0 Å². The van der Waals surface area contributed by atoms with Crippen LogP contribution in [-0.4, -0.2) is 20.4 Å². The van der Waals surface area contributed by atoms with Crippen LogP contribution in [0.3, 0.4) is 0 Å². The first-order valence-electron chi connectivity index (χ1n) is 4.55. The lowest BCUT2D eigenvalue weighted by atomic mass is 9.79. The third kappa shape index (κ3) is 3.47. The van der Waals surface area contributed by atoms with Gasteiger partial charge in [-0.25, -0.2) is 0 Å². The summed E-state index contributed by atoms with van der Waals surface area (Å²) in [7, 11) is 0. The van der Waals surface area contributed by atoms with Crippen molar-refractivity contribution >= 4 is 12.4 Å². The molecule has 15 heavy (non-hydrogen) atoms. The van der Waals surface area contributed by atoms with Crippen molar-refractivity contribution in [3.05, 3.63) is 24.3 Å². The first kappa shape index (κ1) is 11.9. The van der Waals surface area contributed by atoms with Gasteiger partial charge in [0.25, 0.3) is 0 Å². The molecule has 0 atom stereocenters. The van der Waals surface area contributed by atoms with Crippen LogP contribution in [0.4, 0.5) is 12.9 Å². The van der Waals surface area contributed by atoms with Gasteiger partial charge in [0.15, 0.2) is 6.79 Å². The highest BCUT2D eigenvalue weighted by Crippen LogP contribution is 2.17. The standard InChI is InChI=1S/C9H11BF3O2/c1-2-14-7-15-9-6-4-3-5-8(9)10(11,12)13/h3-6H,2,7H2,1H3/q-1. The first-order chi connectivity index (χ1) is 7.05. The van der Waals surface area contributed by atoms with Gasteiger partial charge in [0.2, 0.25) is 0 Å². The van der Waals surface area contributed by atoms with Crippen molar-refractivity contribution in [1.29, 1.82) is 0 Å². The summed E-state index contributed by atoms with van der Waals surface area (Å²) < 4.78 is 47.2. The minimum absolute atomic E-state index is 0.167. The third-order valence-corrected chi connectivity index (χ3v) is 1.77. The molecule has 0 aromatic heterocycles. The van der Waals surface area contributed by atoms with Crippen LogP contribution < -0.4 is 10.2 Å². The topological polar surface area (TPSA) is 18.5 Å². The van der Waals surface area contributed by atoms with Gasteiger partial charge >= 0.3 is 6.98 Å². The molecule has 0 saturated carbocycles. The molecule has 0 aliphatic heterocycles. The zero-order valence-electron chi connectivity index (χ0n) is 8.25. The highest BCUT2D eigenvalue weighted by Gasteiger charge is 2.28. The first-order valence-corrected chi connectivity index (χ1v) is 4.55. The molecule has 0 heterocycles. The summed E-state index contributed by atoms with van der Waals surface area (Å²) in [4.78, 5) is 0. The summed E-state index contributed by atoms with van der Waals surface area (Å²) in [5, 5.41) is 0. The minimum atomic E-state index is -5.04. The molecule has 0 radical (unpaired) electrons. The molecule has 0 saturated heterocycles. The molecule has 0 amide bonds. The van der Waals surface area contributed by atoms with Crippen LogP contribution in [0.2, 0.25) is 0 Å². The van der Waals surface area contributed by atoms with E-state index in [0.717, 1.165) is 6.07 Å². The molecule has 0 fully saturated rings. The molecular weight excluding hydrogens is 208 g/mol. The summed E-state index contributed by atoms with van der Waals surface area (Å²) in [6.07, 6.45) is 0. The van der Waals surface area contributed by atoms with Crippen molar-refractivity contribution in [3.8, 4) is 5.75 Å². The highest BCUT2D eigenvalue weighted by molar-refractivity contribution is 6.74. The Kier molecular flexibility index (Phi) is 4.02. The van der Waals surface area contributed by atoms with Crippen molar-refractivity contribution in [1.82, 2.24) is 0 Å². The van der Waals surface area contributed by atoms with Gasteiger partial charge in [-0.1, -0.05) is 23.7 Å². The zero-order valence-corrected chi connectivity index (χ0v) is 8.25. The van der Waals surface area contributed by atoms with Crippen molar-refractivity contribution in [2.24, 2.45) is 0 Å². The summed E-state index contributed by atoms with van der Waals surface area (Å²) in [5.74, 6) is -0.182. The predicted octanol–water partition coefficient (Wildman–Crippen LogP) is 2.11. The Balaban J connectivity index is 2.78. The monoisotopic (exact) mass is 219 g/mol.